The average molecular weight is 286 g/mol. The van der Waals surface area contributed by atoms with Gasteiger partial charge in [0, 0.05) is 30.1 Å². The molecule has 0 saturated heterocycles. The van der Waals surface area contributed by atoms with Gasteiger partial charge in [-0.25, -0.2) is 0 Å². The number of hydrogen-bond acceptors (Lipinski definition) is 2. The molecule has 0 aliphatic heterocycles. The topological polar surface area (TPSA) is 34.9 Å². The fourth-order valence-electron chi connectivity index (χ4n) is 2.96. The number of fused-ring (bicyclic) bond motifs is 3. The normalized spacial score (nSPS) is 11.1. The second-order valence-corrected chi connectivity index (χ2v) is 5.36. The summed E-state index contributed by atoms with van der Waals surface area (Å²) in [5, 5.41) is 2.08. The van der Waals surface area contributed by atoms with E-state index in [9.17, 15) is 4.79 Å². The van der Waals surface area contributed by atoms with Crippen LogP contribution in [0, 0.1) is 0 Å². The van der Waals surface area contributed by atoms with Crippen molar-refractivity contribution in [2.24, 2.45) is 7.05 Å². The Morgan fingerprint density at radius 2 is 1.77 bits per heavy atom. The quantitative estimate of drug-likeness (QED) is 0.499. The van der Waals surface area contributed by atoms with Gasteiger partial charge in [-0.3, -0.25) is 9.78 Å². The molecule has 0 fully saturated rings. The van der Waals surface area contributed by atoms with Crippen LogP contribution in [-0.2, 0) is 7.05 Å². The van der Waals surface area contributed by atoms with Gasteiger partial charge in [-0.1, -0.05) is 36.4 Å². The molecule has 2 heterocycles. The zero-order chi connectivity index (χ0) is 15.1. The van der Waals surface area contributed by atoms with Crippen molar-refractivity contribution in [2.75, 3.05) is 0 Å². The van der Waals surface area contributed by atoms with E-state index in [-0.39, 0.29) is 5.56 Å². The van der Waals surface area contributed by atoms with E-state index < -0.39 is 0 Å². The molecule has 0 amide bonds. The number of pyridine rings is 2. The van der Waals surface area contributed by atoms with Crippen LogP contribution in [0.15, 0.2) is 71.7 Å². The van der Waals surface area contributed by atoms with Crippen molar-refractivity contribution in [3.05, 3.63) is 77.2 Å². The van der Waals surface area contributed by atoms with Crippen molar-refractivity contribution in [2.45, 2.75) is 0 Å². The number of nitrogens with zero attached hydrogens (tertiary/aromatic N) is 2. The summed E-state index contributed by atoms with van der Waals surface area (Å²) in [6, 6.07) is 19.8. The van der Waals surface area contributed by atoms with Gasteiger partial charge in [0.25, 0.3) is 5.56 Å². The molecule has 0 unspecified atom stereocenters. The smallest absolute Gasteiger partial charge is 0.250 e. The van der Waals surface area contributed by atoms with E-state index in [1.54, 1.807) is 23.9 Å². The summed E-state index contributed by atoms with van der Waals surface area (Å²) in [6.07, 6.45) is 1.77. The van der Waals surface area contributed by atoms with E-state index in [0.29, 0.717) is 0 Å². The van der Waals surface area contributed by atoms with E-state index in [4.69, 9.17) is 0 Å². The first-order valence-electron chi connectivity index (χ1n) is 7.18. The Morgan fingerprint density at radius 3 is 2.59 bits per heavy atom. The average Bonchev–Trinajstić information content (AvgIpc) is 2.58. The predicted octanol–water partition coefficient (Wildman–Crippen LogP) is 3.75. The lowest BCUT2D eigenvalue weighted by Gasteiger charge is -2.12. The lowest BCUT2D eigenvalue weighted by Crippen LogP contribution is -2.15. The van der Waals surface area contributed by atoms with Gasteiger partial charge in [-0.15, -0.1) is 0 Å². The molecule has 3 nitrogen and oxygen atoms in total. The molecule has 0 N–H and O–H groups in total. The molecular weight excluding hydrogens is 272 g/mol. The first kappa shape index (κ1) is 12.8. The van der Waals surface area contributed by atoms with E-state index in [2.05, 4.69) is 23.2 Å². The number of aromatic nitrogens is 2. The van der Waals surface area contributed by atoms with Crippen LogP contribution in [0.1, 0.15) is 0 Å². The second-order valence-electron chi connectivity index (χ2n) is 5.36. The molecule has 4 rings (SSSR count). The fourth-order valence-corrected chi connectivity index (χ4v) is 2.96. The number of benzene rings is 2. The minimum atomic E-state index is -0.0235. The lowest BCUT2D eigenvalue weighted by molar-refractivity contribution is 0.908. The summed E-state index contributed by atoms with van der Waals surface area (Å²) in [4.78, 5) is 16.5. The third-order valence-electron chi connectivity index (χ3n) is 4.05. The van der Waals surface area contributed by atoms with Crippen molar-refractivity contribution in [3.8, 4) is 11.1 Å². The van der Waals surface area contributed by atoms with E-state index in [1.165, 1.54) is 0 Å². The van der Waals surface area contributed by atoms with Gasteiger partial charge in [0.2, 0.25) is 0 Å². The third kappa shape index (κ3) is 1.83. The van der Waals surface area contributed by atoms with Gasteiger partial charge in [0.1, 0.15) is 0 Å². The first-order valence-corrected chi connectivity index (χ1v) is 7.18. The van der Waals surface area contributed by atoms with Crippen LogP contribution in [0.3, 0.4) is 0 Å². The zero-order valence-electron chi connectivity index (χ0n) is 12.2. The van der Waals surface area contributed by atoms with Gasteiger partial charge >= 0.3 is 0 Å². The molecule has 0 atom stereocenters. The van der Waals surface area contributed by atoms with Crippen molar-refractivity contribution in [3.63, 3.8) is 0 Å². The van der Waals surface area contributed by atoms with Crippen LogP contribution in [0.5, 0.6) is 0 Å². The molecule has 0 aliphatic rings. The Kier molecular flexibility index (Phi) is 2.79. The molecule has 4 aromatic rings. The van der Waals surface area contributed by atoms with Crippen LogP contribution >= 0.6 is 0 Å². The maximum atomic E-state index is 12.1. The van der Waals surface area contributed by atoms with Crippen LogP contribution < -0.4 is 5.56 Å². The van der Waals surface area contributed by atoms with Crippen molar-refractivity contribution in [1.29, 1.82) is 0 Å². The zero-order valence-corrected chi connectivity index (χ0v) is 12.2. The molecule has 0 bridgehead atoms. The SMILES string of the molecule is Cn1c(=O)ccc2c(-c3ccccc3)cc3cccnc3c21. The Balaban J connectivity index is 2.26. The molecule has 2 aromatic heterocycles. The first-order chi connectivity index (χ1) is 10.8. The lowest BCUT2D eigenvalue weighted by atomic mass is 9.97. The highest BCUT2D eigenvalue weighted by atomic mass is 16.1. The highest BCUT2D eigenvalue weighted by Crippen LogP contribution is 2.32. The summed E-state index contributed by atoms with van der Waals surface area (Å²) in [5.74, 6) is 0. The number of aryl methyl sites for hydroxylation is 1. The molecular formula is C19H14N2O. The molecule has 0 spiro atoms. The maximum absolute atomic E-state index is 12.1. The van der Waals surface area contributed by atoms with Gasteiger partial charge in [-0.2, -0.15) is 0 Å². The largest absolute Gasteiger partial charge is 0.309 e. The van der Waals surface area contributed by atoms with E-state index in [0.717, 1.165) is 32.9 Å². The minimum Gasteiger partial charge on any atom is -0.309 e. The summed E-state index contributed by atoms with van der Waals surface area (Å²) in [5.41, 5.74) is 3.97. The summed E-state index contributed by atoms with van der Waals surface area (Å²) < 4.78 is 1.68. The molecule has 0 aliphatic carbocycles. The van der Waals surface area contributed by atoms with Crippen molar-refractivity contribution < 1.29 is 0 Å². The van der Waals surface area contributed by atoms with Crippen LogP contribution in [-0.4, -0.2) is 9.55 Å². The predicted molar refractivity (Wildman–Crippen MR) is 89.9 cm³/mol. The molecule has 22 heavy (non-hydrogen) atoms. The summed E-state index contributed by atoms with van der Waals surface area (Å²) in [6.45, 7) is 0. The summed E-state index contributed by atoms with van der Waals surface area (Å²) in [7, 11) is 1.80. The van der Waals surface area contributed by atoms with Crippen LogP contribution in [0.25, 0.3) is 32.9 Å². The fraction of sp³-hybridized carbons (Fsp3) is 0.0526. The molecule has 0 saturated carbocycles. The van der Waals surface area contributed by atoms with Gasteiger partial charge in [-0.05, 0) is 29.3 Å². The number of hydrogen-bond donors (Lipinski definition) is 0. The van der Waals surface area contributed by atoms with Gasteiger partial charge in [0.15, 0.2) is 0 Å². The monoisotopic (exact) mass is 286 g/mol. The van der Waals surface area contributed by atoms with Crippen LogP contribution in [0.2, 0.25) is 0 Å². The standard InChI is InChI=1S/C19H14N2O/c1-21-17(22)10-9-15-16(13-6-3-2-4-7-13)12-14-8-5-11-20-18(14)19(15)21/h2-12H,1H3. The molecule has 0 radical (unpaired) electrons. The van der Waals surface area contributed by atoms with Gasteiger partial charge < -0.3 is 4.57 Å². The second kappa shape index (κ2) is 4.81. The molecule has 2 aromatic carbocycles. The molecule has 106 valence electrons. The molecule has 3 heteroatoms. The maximum Gasteiger partial charge on any atom is 0.250 e. The Labute approximate surface area is 127 Å². The van der Waals surface area contributed by atoms with Crippen molar-refractivity contribution in [1.82, 2.24) is 9.55 Å². The Hall–Kier alpha value is -2.94. The highest BCUT2D eigenvalue weighted by Gasteiger charge is 2.11. The third-order valence-corrected chi connectivity index (χ3v) is 4.05. The summed E-state index contributed by atoms with van der Waals surface area (Å²) >= 11 is 0. The van der Waals surface area contributed by atoms with Crippen LogP contribution in [0.4, 0.5) is 0 Å². The van der Waals surface area contributed by atoms with E-state index in [1.807, 2.05) is 36.4 Å². The van der Waals surface area contributed by atoms with Crippen molar-refractivity contribution >= 4 is 21.8 Å². The highest BCUT2D eigenvalue weighted by molar-refractivity contribution is 6.10. The van der Waals surface area contributed by atoms with Gasteiger partial charge in [0.05, 0.1) is 11.0 Å². The Morgan fingerprint density at radius 1 is 0.955 bits per heavy atom. The van der Waals surface area contributed by atoms with E-state index >= 15 is 0 Å². The Bertz CT molecular complexity index is 1050. The minimum absolute atomic E-state index is 0.0235. The number of rotatable bonds is 1.